The molecule has 136 valence electrons. The number of aromatic amines is 1. The maximum atomic E-state index is 12.5. The van der Waals surface area contributed by atoms with Crippen molar-refractivity contribution in [2.45, 2.75) is 6.92 Å². The number of hydrogen-bond donors (Lipinski definition) is 1. The maximum Gasteiger partial charge on any atom is 0.339 e. The molecule has 8 nitrogen and oxygen atoms in total. The monoisotopic (exact) mass is 356 g/mol. The number of esters is 1. The van der Waals surface area contributed by atoms with E-state index in [-0.39, 0.29) is 17.0 Å². The Morgan fingerprint density at radius 1 is 1.19 bits per heavy atom. The average molecular weight is 356 g/mol. The second kappa shape index (κ2) is 7.81. The molecule has 1 N–H and O–H groups in total. The summed E-state index contributed by atoms with van der Waals surface area (Å²) < 4.78 is 4.94. The number of aromatic nitrogens is 2. The summed E-state index contributed by atoms with van der Waals surface area (Å²) in [6.45, 7) is 4.26. The Bertz CT molecular complexity index is 839. The molecule has 2 aromatic rings. The Hall–Kier alpha value is -3.16. The molecule has 0 bridgehead atoms. The molecule has 0 spiro atoms. The van der Waals surface area contributed by atoms with Crippen molar-refractivity contribution in [1.29, 1.82) is 0 Å². The topological polar surface area (TPSA) is 95.6 Å². The van der Waals surface area contributed by atoms with E-state index >= 15 is 0 Å². The molecule has 0 unspecified atom stereocenters. The van der Waals surface area contributed by atoms with Gasteiger partial charge in [0.1, 0.15) is 11.4 Å². The van der Waals surface area contributed by atoms with Crippen LogP contribution in [0.25, 0.3) is 0 Å². The molecule has 3 rings (SSSR count). The lowest BCUT2D eigenvalue weighted by Gasteiger charge is -2.35. The normalized spacial score (nSPS) is 14.2. The SMILES string of the molecule is CCOC(=O)c1ccc(N2CCN(C(=O)c3ccc[nH]c3=O)CC2)nc1. The van der Waals surface area contributed by atoms with E-state index in [0.29, 0.717) is 38.3 Å². The molecule has 1 aliphatic heterocycles. The molecular formula is C18H20N4O4. The van der Waals surface area contributed by atoms with Crippen LogP contribution in [0, 0.1) is 0 Å². The van der Waals surface area contributed by atoms with E-state index in [2.05, 4.69) is 9.97 Å². The summed E-state index contributed by atoms with van der Waals surface area (Å²) in [7, 11) is 0. The predicted octanol–water partition coefficient (Wildman–Crippen LogP) is 0.909. The lowest BCUT2D eigenvalue weighted by atomic mass is 10.2. The number of anilines is 1. The number of carbonyl (C=O) groups excluding carboxylic acids is 2. The minimum Gasteiger partial charge on any atom is -0.462 e. The number of H-pyrrole nitrogens is 1. The minimum atomic E-state index is -0.393. The number of piperazine rings is 1. The lowest BCUT2D eigenvalue weighted by molar-refractivity contribution is 0.0525. The standard InChI is InChI=1S/C18H20N4O4/c1-2-26-18(25)13-5-6-15(20-12-13)21-8-10-22(11-9-21)17(24)14-4-3-7-19-16(14)23/h3-7,12H,2,8-11H2,1H3,(H,19,23). The van der Waals surface area contributed by atoms with Crippen LogP contribution in [0.3, 0.4) is 0 Å². The molecule has 1 aliphatic rings. The molecule has 0 atom stereocenters. The van der Waals surface area contributed by atoms with Gasteiger partial charge in [-0.25, -0.2) is 9.78 Å². The highest BCUT2D eigenvalue weighted by atomic mass is 16.5. The number of amides is 1. The molecule has 0 radical (unpaired) electrons. The summed E-state index contributed by atoms with van der Waals surface area (Å²) in [5.41, 5.74) is 0.182. The smallest absolute Gasteiger partial charge is 0.339 e. The molecule has 0 aromatic carbocycles. The zero-order valence-electron chi connectivity index (χ0n) is 14.5. The lowest BCUT2D eigenvalue weighted by Crippen LogP contribution is -2.49. The zero-order chi connectivity index (χ0) is 18.5. The number of hydrogen-bond acceptors (Lipinski definition) is 6. The fourth-order valence-electron chi connectivity index (χ4n) is 2.81. The van der Waals surface area contributed by atoms with Gasteiger partial charge in [0.05, 0.1) is 12.2 Å². The number of rotatable bonds is 4. The van der Waals surface area contributed by atoms with Crippen molar-refractivity contribution in [2.75, 3.05) is 37.7 Å². The molecule has 3 heterocycles. The first-order valence-corrected chi connectivity index (χ1v) is 8.45. The van der Waals surface area contributed by atoms with Gasteiger partial charge in [0.15, 0.2) is 0 Å². The first-order chi connectivity index (χ1) is 12.6. The number of nitrogens with zero attached hydrogens (tertiary/aromatic N) is 3. The van der Waals surface area contributed by atoms with Gasteiger partial charge in [0.25, 0.3) is 11.5 Å². The van der Waals surface area contributed by atoms with E-state index in [4.69, 9.17) is 4.74 Å². The van der Waals surface area contributed by atoms with Crippen LogP contribution in [0.1, 0.15) is 27.6 Å². The summed E-state index contributed by atoms with van der Waals surface area (Å²) in [6, 6.07) is 6.62. The van der Waals surface area contributed by atoms with Crippen LogP contribution in [0.4, 0.5) is 5.82 Å². The van der Waals surface area contributed by atoms with Gasteiger partial charge in [-0.05, 0) is 31.2 Å². The van der Waals surface area contributed by atoms with E-state index in [1.165, 1.54) is 18.5 Å². The van der Waals surface area contributed by atoms with Crippen LogP contribution >= 0.6 is 0 Å². The molecule has 26 heavy (non-hydrogen) atoms. The van der Waals surface area contributed by atoms with Crippen molar-refractivity contribution in [3.63, 3.8) is 0 Å². The van der Waals surface area contributed by atoms with Crippen molar-refractivity contribution < 1.29 is 14.3 Å². The zero-order valence-corrected chi connectivity index (χ0v) is 14.5. The van der Waals surface area contributed by atoms with Crippen molar-refractivity contribution in [3.05, 3.63) is 58.1 Å². The molecule has 0 saturated carbocycles. The Labute approximate surface area is 150 Å². The van der Waals surface area contributed by atoms with Crippen LogP contribution in [-0.2, 0) is 4.74 Å². The van der Waals surface area contributed by atoms with Crippen LogP contribution in [0.15, 0.2) is 41.5 Å². The molecular weight excluding hydrogens is 336 g/mol. The van der Waals surface area contributed by atoms with Crippen LogP contribution in [-0.4, -0.2) is 59.5 Å². The van der Waals surface area contributed by atoms with E-state index in [9.17, 15) is 14.4 Å². The molecule has 0 aliphatic carbocycles. The van der Waals surface area contributed by atoms with Crippen molar-refractivity contribution in [3.8, 4) is 0 Å². The summed E-state index contributed by atoms with van der Waals surface area (Å²) >= 11 is 0. The van der Waals surface area contributed by atoms with Gasteiger partial charge in [0.2, 0.25) is 0 Å². The summed E-state index contributed by atoms with van der Waals surface area (Å²) in [6.07, 6.45) is 3.00. The number of carbonyl (C=O) groups is 2. The predicted molar refractivity (Wildman–Crippen MR) is 95.4 cm³/mol. The highest BCUT2D eigenvalue weighted by molar-refractivity contribution is 5.94. The molecule has 8 heteroatoms. The third kappa shape index (κ3) is 3.74. The fourth-order valence-corrected chi connectivity index (χ4v) is 2.81. The first kappa shape index (κ1) is 17.7. The minimum absolute atomic E-state index is 0.151. The summed E-state index contributed by atoms with van der Waals surface area (Å²) in [5.74, 6) is 0.0786. The molecule has 2 aromatic heterocycles. The Morgan fingerprint density at radius 3 is 2.58 bits per heavy atom. The second-order valence-electron chi connectivity index (χ2n) is 5.82. The van der Waals surface area contributed by atoms with Crippen LogP contribution in [0.2, 0.25) is 0 Å². The van der Waals surface area contributed by atoms with Crippen LogP contribution in [0.5, 0.6) is 0 Å². The quantitative estimate of drug-likeness (QED) is 0.818. The first-order valence-electron chi connectivity index (χ1n) is 8.45. The fraction of sp³-hybridized carbons (Fsp3) is 0.333. The number of nitrogens with one attached hydrogen (secondary N) is 1. The Balaban J connectivity index is 1.62. The van der Waals surface area contributed by atoms with E-state index in [1.807, 2.05) is 4.90 Å². The van der Waals surface area contributed by atoms with Gasteiger partial charge in [-0.1, -0.05) is 0 Å². The average Bonchev–Trinajstić information content (AvgIpc) is 2.68. The molecule has 1 saturated heterocycles. The van der Waals surface area contributed by atoms with Crippen molar-refractivity contribution in [1.82, 2.24) is 14.9 Å². The van der Waals surface area contributed by atoms with Crippen molar-refractivity contribution >= 4 is 17.7 Å². The summed E-state index contributed by atoms with van der Waals surface area (Å²) in [4.78, 5) is 46.4. The Kier molecular flexibility index (Phi) is 5.31. The van der Waals surface area contributed by atoms with Gasteiger partial charge in [-0.2, -0.15) is 0 Å². The number of ether oxygens (including phenoxy) is 1. The van der Waals surface area contributed by atoms with Gasteiger partial charge in [0, 0.05) is 38.6 Å². The highest BCUT2D eigenvalue weighted by Gasteiger charge is 2.24. The maximum absolute atomic E-state index is 12.5. The van der Waals surface area contributed by atoms with Gasteiger partial charge in [-0.15, -0.1) is 0 Å². The van der Waals surface area contributed by atoms with E-state index in [0.717, 1.165) is 5.82 Å². The third-order valence-corrected chi connectivity index (χ3v) is 4.20. The van der Waals surface area contributed by atoms with Gasteiger partial charge < -0.3 is 19.5 Å². The molecule has 1 amide bonds. The van der Waals surface area contributed by atoms with Gasteiger partial charge in [-0.3, -0.25) is 9.59 Å². The Morgan fingerprint density at radius 2 is 1.96 bits per heavy atom. The van der Waals surface area contributed by atoms with Gasteiger partial charge >= 0.3 is 5.97 Å². The second-order valence-corrected chi connectivity index (χ2v) is 5.82. The third-order valence-electron chi connectivity index (χ3n) is 4.20. The number of pyridine rings is 2. The van der Waals surface area contributed by atoms with Crippen LogP contribution < -0.4 is 10.5 Å². The molecule has 1 fully saturated rings. The van der Waals surface area contributed by atoms with E-state index in [1.54, 1.807) is 30.0 Å². The van der Waals surface area contributed by atoms with Crippen molar-refractivity contribution in [2.24, 2.45) is 0 Å². The largest absolute Gasteiger partial charge is 0.462 e. The summed E-state index contributed by atoms with van der Waals surface area (Å²) in [5, 5.41) is 0. The van der Waals surface area contributed by atoms with E-state index < -0.39 is 5.97 Å². The highest BCUT2D eigenvalue weighted by Crippen LogP contribution is 2.15.